The zero-order chi connectivity index (χ0) is 14.1. The Hall–Kier alpha value is -0.570. The first-order chi connectivity index (χ1) is 8.29. The Labute approximate surface area is 109 Å². The van der Waals surface area contributed by atoms with Gasteiger partial charge in [0.05, 0.1) is 0 Å². The molecular formula is C14H34N2O. The molecular weight excluding hydrogens is 212 g/mol. The van der Waals surface area contributed by atoms with Gasteiger partial charge in [-0.2, -0.15) is 0 Å². The van der Waals surface area contributed by atoms with Crippen LogP contribution in [-0.2, 0) is 4.79 Å². The Bertz CT molecular complexity index is 132. The van der Waals surface area contributed by atoms with E-state index in [0.717, 1.165) is 13.1 Å². The van der Waals surface area contributed by atoms with E-state index < -0.39 is 0 Å². The van der Waals surface area contributed by atoms with Crippen molar-refractivity contribution in [3.05, 3.63) is 0 Å². The lowest BCUT2D eigenvalue weighted by Gasteiger charge is -2.13. The van der Waals surface area contributed by atoms with E-state index in [9.17, 15) is 4.79 Å². The molecule has 0 aliphatic carbocycles. The summed E-state index contributed by atoms with van der Waals surface area (Å²) in [6, 6.07) is 0. The summed E-state index contributed by atoms with van der Waals surface area (Å²) >= 11 is 0. The Balaban J connectivity index is -0.000000285. The molecule has 0 aromatic carbocycles. The molecule has 1 N–H and O–H groups in total. The average molecular weight is 246 g/mol. The van der Waals surface area contributed by atoms with Crippen molar-refractivity contribution in [3.8, 4) is 0 Å². The Morgan fingerprint density at radius 2 is 1.41 bits per heavy atom. The van der Waals surface area contributed by atoms with Crippen LogP contribution in [0.2, 0.25) is 0 Å². The number of hydrogen-bond donors (Lipinski definition) is 1. The van der Waals surface area contributed by atoms with Crippen LogP contribution in [0.1, 0.15) is 61.3 Å². The Morgan fingerprint density at radius 3 is 1.76 bits per heavy atom. The Kier molecular flexibility index (Phi) is 26.5. The van der Waals surface area contributed by atoms with E-state index >= 15 is 0 Å². The van der Waals surface area contributed by atoms with Crippen molar-refractivity contribution in [1.82, 2.24) is 10.2 Å². The molecule has 0 aromatic heterocycles. The molecule has 1 heterocycles. The molecule has 0 radical (unpaired) electrons. The average Bonchev–Trinajstić information content (AvgIpc) is 2.89. The van der Waals surface area contributed by atoms with Gasteiger partial charge in [-0.1, -0.05) is 41.5 Å². The molecule has 0 aromatic rings. The van der Waals surface area contributed by atoms with Crippen LogP contribution >= 0.6 is 0 Å². The number of hydrogen-bond acceptors (Lipinski definition) is 2. The summed E-state index contributed by atoms with van der Waals surface area (Å²) in [5, 5.41) is 2.79. The summed E-state index contributed by atoms with van der Waals surface area (Å²) in [4.78, 5) is 12.9. The van der Waals surface area contributed by atoms with Gasteiger partial charge in [0, 0.05) is 20.0 Å². The van der Waals surface area contributed by atoms with Gasteiger partial charge in [0.2, 0.25) is 5.91 Å². The van der Waals surface area contributed by atoms with Crippen molar-refractivity contribution < 1.29 is 4.79 Å². The molecule has 17 heavy (non-hydrogen) atoms. The number of carbonyl (C=O) groups is 1. The second-order valence-corrected chi connectivity index (χ2v) is 3.03. The second kappa shape index (κ2) is 20.8. The van der Waals surface area contributed by atoms with Crippen LogP contribution in [0.5, 0.6) is 0 Å². The number of rotatable bonds is 3. The molecule has 3 heteroatoms. The van der Waals surface area contributed by atoms with Gasteiger partial charge in [0.1, 0.15) is 0 Å². The highest BCUT2D eigenvalue weighted by Gasteiger charge is 2.09. The third kappa shape index (κ3) is 18.0. The minimum absolute atomic E-state index is 0.0733. The maximum Gasteiger partial charge on any atom is 0.216 e. The molecule has 0 atom stereocenters. The van der Waals surface area contributed by atoms with Gasteiger partial charge in [0.25, 0.3) is 0 Å². The highest BCUT2D eigenvalue weighted by molar-refractivity contribution is 5.72. The first-order valence-electron chi connectivity index (χ1n) is 7.26. The molecule has 106 valence electrons. The van der Waals surface area contributed by atoms with E-state index in [2.05, 4.69) is 10.2 Å². The van der Waals surface area contributed by atoms with Gasteiger partial charge >= 0.3 is 0 Å². The van der Waals surface area contributed by atoms with Crippen LogP contribution in [0.25, 0.3) is 0 Å². The van der Waals surface area contributed by atoms with Crippen molar-refractivity contribution in [2.24, 2.45) is 0 Å². The predicted octanol–water partition coefficient (Wildman–Crippen LogP) is 3.30. The summed E-state index contributed by atoms with van der Waals surface area (Å²) in [6.45, 7) is 17.8. The fourth-order valence-electron chi connectivity index (χ4n) is 1.40. The van der Waals surface area contributed by atoms with Gasteiger partial charge in [-0.15, -0.1) is 0 Å². The van der Waals surface area contributed by atoms with Crippen LogP contribution in [-0.4, -0.2) is 37.0 Å². The molecule has 1 amide bonds. The zero-order valence-corrected chi connectivity index (χ0v) is 13.1. The predicted molar refractivity (Wildman–Crippen MR) is 78.4 cm³/mol. The number of likely N-dealkylation sites (tertiary alicyclic amines) is 1. The van der Waals surface area contributed by atoms with Gasteiger partial charge in [-0.3, -0.25) is 4.79 Å². The third-order valence-electron chi connectivity index (χ3n) is 2.00. The van der Waals surface area contributed by atoms with Crippen molar-refractivity contribution >= 4 is 5.91 Å². The van der Waals surface area contributed by atoms with Crippen LogP contribution in [0.15, 0.2) is 0 Å². The number of nitrogens with one attached hydrogen (secondary N) is 1. The summed E-state index contributed by atoms with van der Waals surface area (Å²) in [6.07, 6.45) is 2.64. The van der Waals surface area contributed by atoms with Crippen molar-refractivity contribution in [3.63, 3.8) is 0 Å². The molecule has 3 nitrogen and oxygen atoms in total. The first kappa shape index (κ1) is 21.7. The van der Waals surface area contributed by atoms with E-state index in [1.54, 1.807) is 6.92 Å². The van der Waals surface area contributed by atoms with Crippen molar-refractivity contribution in [1.29, 1.82) is 0 Å². The number of amides is 1. The number of nitrogens with zero attached hydrogens (tertiary/aromatic N) is 1. The molecule has 1 saturated heterocycles. The maximum atomic E-state index is 10.5. The summed E-state index contributed by atoms with van der Waals surface area (Å²) in [5.74, 6) is 0.0733. The van der Waals surface area contributed by atoms with Crippen LogP contribution < -0.4 is 5.32 Å². The van der Waals surface area contributed by atoms with E-state index in [4.69, 9.17) is 0 Å². The Morgan fingerprint density at radius 1 is 1.00 bits per heavy atom. The maximum absolute atomic E-state index is 10.5. The van der Waals surface area contributed by atoms with E-state index in [0.29, 0.717) is 0 Å². The topological polar surface area (TPSA) is 32.3 Å². The first-order valence-corrected chi connectivity index (χ1v) is 7.26. The molecule has 0 bridgehead atoms. The minimum atomic E-state index is 0.0733. The molecule has 1 aliphatic rings. The van der Waals surface area contributed by atoms with E-state index in [1.807, 2.05) is 41.5 Å². The van der Waals surface area contributed by atoms with Gasteiger partial charge in [-0.05, 0) is 25.9 Å². The van der Waals surface area contributed by atoms with E-state index in [-0.39, 0.29) is 5.91 Å². The molecule has 1 fully saturated rings. The van der Waals surface area contributed by atoms with Gasteiger partial charge < -0.3 is 10.2 Å². The highest BCUT2D eigenvalue weighted by atomic mass is 16.1. The lowest BCUT2D eigenvalue weighted by molar-refractivity contribution is -0.119. The van der Waals surface area contributed by atoms with Gasteiger partial charge in [-0.25, -0.2) is 0 Å². The largest absolute Gasteiger partial charge is 0.355 e. The summed E-state index contributed by atoms with van der Waals surface area (Å²) in [5.41, 5.74) is 0. The molecule has 0 saturated carbocycles. The van der Waals surface area contributed by atoms with Crippen LogP contribution in [0.3, 0.4) is 0 Å². The zero-order valence-electron chi connectivity index (χ0n) is 13.1. The van der Waals surface area contributed by atoms with Gasteiger partial charge in [0.15, 0.2) is 0 Å². The summed E-state index contributed by atoms with van der Waals surface area (Å²) < 4.78 is 0. The molecule has 1 aliphatic heterocycles. The summed E-state index contributed by atoms with van der Waals surface area (Å²) in [7, 11) is 0. The third-order valence-corrected chi connectivity index (χ3v) is 2.00. The van der Waals surface area contributed by atoms with Crippen LogP contribution in [0.4, 0.5) is 0 Å². The fourth-order valence-corrected chi connectivity index (χ4v) is 1.40. The smallest absolute Gasteiger partial charge is 0.216 e. The van der Waals surface area contributed by atoms with Crippen molar-refractivity contribution in [2.45, 2.75) is 61.3 Å². The lowest BCUT2D eigenvalue weighted by atomic mass is 10.4. The van der Waals surface area contributed by atoms with Crippen LogP contribution in [0, 0.1) is 0 Å². The SMILES string of the molecule is CC.CC.CC.CC(=O)NCCN1CCCC1. The fraction of sp³-hybridized carbons (Fsp3) is 0.929. The minimum Gasteiger partial charge on any atom is -0.355 e. The van der Waals surface area contributed by atoms with E-state index in [1.165, 1.54) is 25.9 Å². The second-order valence-electron chi connectivity index (χ2n) is 3.03. The highest BCUT2D eigenvalue weighted by Crippen LogP contribution is 2.05. The van der Waals surface area contributed by atoms with Crippen molar-refractivity contribution in [2.75, 3.05) is 26.2 Å². The molecule has 0 spiro atoms. The molecule has 0 unspecified atom stereocenters. The molecule has 1 rings (SSSR count). The normalized spacial score (nSPS) is 13.1. The lowest BCUT2D eigenvalue weighted by Crippen LogP contribution is -2.32. The number of carbonyl (C=O) groups excluding carboxylic acids is 1. The quantitative estimate of drug-likeness (QED) is 0.828. The monoisotopic (exact) mass is 246 g/mol. The standard InChI is InChI=1S/C8H16N2O.3C2H6/c1-8(11)9-4-7-10-5-2-3-6-10;3*1-2/h2-7H2,1H3,(H,9,11);3*1-2H3.